The number of aryl methyl sites for hydroxylation is 2. The van der Waals surface area contributed by atoms with Gasteiger partial charge in [-0.2, -0.15) is 5.10 Å². The van der Waals surface area contributed by atoms with Crippen LogP contribution in [0.5, 0.6) is 0 Å². The summed E-state index contributed by atoms with van der Waals surface area (Å²) in [7, 11) is 0. The molecule has 1 fully saturated rings. The summed E-state index contributed by atoms with van der Waals surface area (Å²) < 4.78 is 6.85. The second kappa shape index (κ2) is 5.63. The summed E-state index contributed by atoms with van der Waals surface area (Å²) in [6, 6.07) is 11.7. The maximum absolute atomic E-state index is 12.5. The van der Waals surface area contributed by atoms with E-state index < -0.39 is 0 Å². The number of rotatable bonds is 4. The third-order valence-electron chi connectivity index (χ3n) is 4.08. The molecule has 6 heteroatoms. The number of benzene rings is 1. The van der Waals surface area contributed by atoms with Crippen LogP contribution in [0.2, 0.25) is 0 Å². The lowest BCUT2D eigenvalue weighted by molar-refractivity contribution is 0.102. The Bertz CT molecular complexity index is 905. The summed E-state index contributed by atoms with van der Waals surface area (Å²) in [4.78, 5) is 12.5. The minimum absolute atomic E-state index is 0.281. The van der Waals surface area contributed by atoms with Gasteiger partial charge in [0.05, 0.1) is 5.69 Å². The summed E-state index contributed by atoms with van der Waals surface area (Å²) in [5.41, 5.74) is 3.61. The molecule has 0 atom stereocenters. The molecule has 0 saturated heterocycles. The fourth-order valence-electron chi connectivity index (χ4n) is 2.75. The summed E-state index contributed by atoms with van der Waals surface area (Å²) in [5, 5.41) is 11.0. The first-order valence-electron chi connectivity index (χ1n) is 8.02. The van der Waals surface area contributed by atoms with Crippen LogP contribution >= 0.6 is 0 Å². The van der Waals surface area contributed by atoms with Crippen molar-refractivity contribution in [3.8, 4) is 5.69 Å². The molecular formula is C18H18N4O2. The lowest BCUT2D eigenvalue weighted by Crippen LogP contribution is -2.13. The molecule has 1 aliphatic rings. The van der Waals surface area contributed by atoms with E-state index in [-0.39, 0.29) is 5.91 Å². The van der Waals surface area contributed by atoms with Crippen molar-refractivity contribution in [2.24, 2.45) is 0 Å². The molecule has 0 unspecified atom stereocenters. The van der Waals surface area contributed by atoms with Crippen molar-refractivity contribution in [3.63, 3.8) is 0 Å². The van der Waals surface area contributed by atoms with E-state index in [0.717, 1.165) is 29.8 Å². The zero-order valence-electron chi connectivity index (χ0n) is 13.6. The average Bonchev–Trinajstić information content (AvgIpc) is 3.17. The molecule has 0 bridgehead atoms. The highest BCUT2D eigenvalue weighted by molar-refractivity contribution is 6.02. The fraction of sp³-hybridized carbons (Fsp3) is 0.278. The maximum Gasteiger partial charge on any atom is 0.277 e. The molecular weight excluding hydrogens is 304 g/mol. The van der Waals surface area contributed by atoms with Gasteiger partial charge in [-0.3, -0.25) is 4.79 Å². The molecule has 24 heavy (non-hydrogen) atoms. The monoisotopic (exact) mass is 322 g/mol. The van der Waals surface area contributed by atoms with E-state index in [1.54, 1.807) is 13.0 Å². The van der Waals surface area contributed by atoms with Gasteiger partial charge in [0, 0.05) is 17.7 Å². The van der Waals surface area contributed by atoms with Gasteiger partial charge in [0.1, 0.15) is 5.76 Å². The molecule has 1 aromatic carbocycles. The van der Waals surface area contributed by atoms with Crippen LogP contribution in [0, 0.1) is 13.8 Å². The molecule has 1 amide bonds. The number of carbonyl (C=O) groups is 1. The van der Waals surface area contributed by atoms with Crippen LogP contribution in [0.1, 0.15) is 46.3 Å². The van der Waals surface area contributed by atoms with Crippen molar-refractivity contribution in [1.82, 2.24) is 14.9 Å². The Morgan fingerprint density at radius 2 is 2.08 bits per heavy atom. The molecule has 4 rings (SSSR count). The number of carbonyl (C=O) groups excluding carboxylic acids is 1. The molecule has 0 aliphatic heterocycles. The lowest BCUT2D eigenvalue weighted by atomic mass is 10.2. The first-order chi connectivity index (χ1) is 11.6. The number of hydrogen-bond acceptors (Lipinski definition) is 4. The third kappa shape index (κ3) is 2.82. The predicted molar refractivity (Wildman–Crippen MR) is 89.5 cm³/mol. The molecule has 1 saturated carbocycles. The lowest BCUT2D eigenvalue weighted by Gasteiger charge is -2.07. The molecule has 1 aliphatic carbocycles. The van der Waals surface area contributed by atoms with Crippen LogP contribution in [0.15, 0.2) is 40.9 Å². The first-order valence-corrected chi connectivity index (χ1v) is 8.02. The molecule has 0 spiro atoms. The highest BCUT2D eigenvalue weighted by Gasteiger charge is 2.30. The predicted octanol–water partition coefficient (Wildman–Crippen LogP) is 3.61. The number of nitrogens with one attached hydrogen (secondary N) is 1. The topological polar surface area (TPSA) is 73.0 Å². The van der Waals surface area contributed by atoms with Gasteiger partial charge in [0.15, 0.2) is 11.5 Å². The third-order valence-corrected chi connectivity index (χ3v) is 4.08. The van der Waals surface area contributed by atoms with Crippen LogP contribution in [0.25, 0.3) is 5.69 Å². The summed E-state index contributed by atoms with van der Waals surface area (Å²) in [6.07, 6.45) is 2.28. The van der Waals surface area contributed by atoms with Crippen molar-refractivity contribution in [2.75, 3.05) is 5.32 Å². The molecule has 3 aromatic rings. The quantitative estimate of drug-likeness (QED) is 0.796. The average molecular weight is 322 g/mol. The smallest absolute Gasteiger partial charge is 0.277 e. The van der Waals surface area contributed by atoms with Crippen LogP contribution in [0.4, 0.5) is 5.82 Å². The molecule has 0 radical (unpaired) electrons. The van der Waals surface area contributed by atoms with Crippen molar-refractivity contribution < 1.29 is 9.32 Å². The number of nitrogens with zero attached hydrogens (tertiary/aromatic N) is 3. The van der Waals surface area contributed by atoms with Gasteiger partial charge in [0.2, 0.25) is 0 Å². The summed E-state index contributed by atoms with van der Waals surface area (Å²) in [5.74, 6) is 1.25. The molecule has 2 aromatic heterocycles. The summed E-state index contributed by atoms with van der Waals surface area (Å²) >= 11 is 0. The number of anilines is 1. The minimum atomic E-state index is -0.281. The fourth-order valence-corrected chi connectivity index (χ4v) is 2.75. The Kier molecular flexibility index (Phi) is 3.45. The molecule has 6 nitrogen and oxygen atoms in total. The van der Waals surface area contributed by atoms with Crippen molar-refractivity contribution in [3.05, 3.63) is 59.1 Å². The minimum Gasteiger partial charge on any atom is -0.360 e. The van der Waals surface area contributed by atoms with Crippen molar-refractivity contribution in [2.45, 2.75) is 32.6 Å². The normalized spacial score (nSPS) is 13.9. The van der Waals surface area contributed by atoms with Gasteiger partial charge in [-0.25, -0.2) is 4.68 Å². The van der Waals surface area contributed by atoms with Gasteiger partial charge in [-0.05, 0) is 50.5 Å². The van der Waals surface area contributed by atoms with E-state index in [1.165, 1.54) is 0 Å². The van der Waals surface area contributed by atoms with Crippen LogP contribution in [-0.4, -0.2) is 20.8 Å². The maximum atomic E-state index is 12.5. The molecule has 1 N–H and O–H groups in total. The summed E-state index contributed by atoms with van der Waals surface area (Å²) in [6.45, 7) is 3.82. The van der Waals surface area contributed by atoms with E-state index in [4.69, 9.17) is 4.52 Å². The number of aromatic nitrogens is 3. The van der Waals surface area contributed by atoms with Crippen LogP contribution in [0.3, 0.4) is 0 Å². The first kappa shape index (κ1) is 14.7. The van der Waals surface area contributed by atoms with Gasteiger partial charge >= 0.3 is 0 Å². The second-order valence-electron chi connectivity index (χ2n) is 6.26. The SMILES string of the molecule is Cc1cccc(-n2nc(C(=O)Nc3cc(C)on3)cc2C2CC2)c1. The Balaban J connectivity index is 1.67. The van der Waals surface area contributed by atoms with Gasteiger partial charge in [0.25, 0.3) is 5.91 Å². The second-order valence-corrected chi connectivity index (χ2v) is 6.26. The van der Waals surface area contributed by atoms with Crippen LogP contribution in [-0.2, 0) is 0 Å². The largest absolute Gasteiger partial charge is 0.360 e. The van der Waals surface area contributed by atoms with Crippen molar-refractivity contribution in [1.29, 1.82) is 0 Å². The molecule has 2 heterocycles. The number of amides is 1. The van der Waals surface area contributed by atoms with E-state index in [0.29, 0.717) is 23.2 Å². The van der Waals surface area contributed by atoms with E-state index >= 15 is 0 Å². The van der Waals surface area contributed by atoms with Crippen LogP contribution < -0.4 is 5.32 Å². The van der Waals surface area contributed by atoms with Crippen molar-refractivity contribution >= 4 is 11.7 Å². The standard InChI is InChI=1S/C18H18N4O2/c1-11-4-3-5-14(8-11)22-16(13-6-7-13)10-15(20-22)18(23)19-17-9-12(2)24-21-17/h3-5,8-10,13H,6-7H2,1-2H3,(H,19,21,23). The molecule has 122 valence electrons. The van der Waals surface area contributed by atoms with E-state index in [2.05, 4.69) is 21.6 Å². The Morgan fingerprint density at radius 1 is 1.25 bits per heavy atom. The van der Waals surface area contributed by atoms with Gasteiger partial charge < -0.3 is 9.84 Å². The number of hydrogen-bond donors (Lipinski definition) is 1. The van der Waals surface area contributed by atoms with E-state index in [9.17, 15) is 4.79 Å². The zero-order chi connectivity index (χ0) is 16.7. The Hall–Kier alpha value is -2.89. The highest BCUT2D eigenvalue weighted by atomic mass is 16.5. The zero-order valence-corrected chi connectivity index (χ0v) is 13.6. The van der Waals surface area contributed by atoms with Gasteiger partial charge in [-0.1, -0.05) is 17.3 Å². The van der Waals surface area contributed by atoms with E-state index in [1.807, 2.05) is 35.9 Å². The Labute approximate surface area is 139 Å². The Morgan fingerprint density at radius 3 is 2.75 bits per heavy atom. The highest BCUT2D eigenvalue weighted by Crippen LogP contribution is 2.41. The van der Waals surface area contributed by atoms with Gasteiger partial charge in [-0.15, -0.1) is 0 Å².